The molecule has 0 amide bonds. The second-order valence-corrected chi connectivity index (χ2v) is 8.17. The normalized spacial score (nSPS) is 12.1. The average Bonchev–Trinajstić information content (AvgIpc) is 3.48. The zero-order chi connectivity index (χ0) is 22.5. The Labute approximate surface area is 190 Å². The Morgan fingerprint density at radius 3 is 2.75 bits per heavy atom. The summed E-state index contributed by atoms with van der Waals surface area (Å²) in [6.07, 6.45) is 0. The minimum absolute atomic E-state index is 0.246. The van der Waals surface area contributed by atoms with Crippen molar-refractivity contribution in [2.75, 3.05) is 21.0 Å². The van der Waals surface area contributed by atoms with Gasteiger partial charge in [0.15, 0.2) is 11.5 Å². The Bertz CT molecular complexity index is 1100. The van der Waals surface area contributed by atoms with E-state index < -0.39 is 0 Å². The first kappa shape index (κ1) is 21.9. The minimum Gasteiger partial charge on any atom is -0.497 e. The molecular formula is C23H25N3O5S. The Balaban J connectivity index is 1.58. The van der Waals surface area contributed by atoms with Crippen LogP contribution in [-0.4, -0.2) is 36.1 Å². The molecule has 0 radical (unpaired) electrons. The van der Waals surface area contributed by atoms with Crippen LogP contribution in [0.15, 0.2) is 48.4 Å². The number of methoxy groups -OCH3 is 2. The van der Waals surface area contributed by atoms with E-state index in [1.807, 2.05) is 41.8 Å². The highest BCUT2D eigenvalue weighted by atomic mass is 32.1. The molecule has 0 aliphatic carbocycles. The second kappa shape index (κ2) is 9.90. The lowest BCUT2D eigenvalue weighted by Crippen LogP contribution is -2.23. The molecule has 0 saturated heterocycles. The van der Waals surface area contributed by atoms with E-state index in [-0.39, 0.29) is 6.79 Å². The van der Waals surface area contributed by atoms with E-state index in [2.05, 4.69) is 21.9 Å². The summed E-state index contributed by atoms with van der Waals surface area (Å²) in [5.41, 5.74) is 5.18. The number of aromatic nitrogens is 1. The van der Waals surface area contributed by atoms with Crippen molar-refractivity contribution in [3.05, 3.63) is 70.2 Å². The van der Waals surface area contributed by atoms with Crippen LogP contribution in [0.5, 0.6) is 23.0 Å². The van der Waals surface area contributed by atoms with Crippen molar-refractivity contribution in [2.45, 2.75) is 19.6 Å². The van der Waals surface area contributed by atoms with Crippen LogP contribution >= 0.6 is 11.3 Å². The number of benzene rings is 2. The van der Waals surface area contributed by atoms with Gasteiger partial charge >= 0.3 is 0 Å². The van der Waals surface area contributed by atoms with E-state index >= 15 is 0 Å². The van der Waals surface area contributed by atoms with Crippen LogP contribution in [0.2, 0.25) is 0 Å². The first-order valence-corrected chi connectivity index (χ1v) is 10.8. The van der Waals surface area contributed by atoms with Gasteiger partial charge in [0.2, 0.25) is 6.79 Å². The van der Waals surface area contributed by atoms with Gasteiger partial charge in [-0.15, -0.1) is 11.3 Å². The maximum absolute atomic E-state index is 9.10. The molecule has 3 aromatic rings. The average molecular weight is 456 g/mol. The van der Waals surface area contributed by atoms with Gasteiger partial charge in [0.1, 0.15) is 16.5 Å². The van der Waals surface area contributed by atoms with Crippen molar-refractivity contribution in [1.82, 2.24) is 15.4 Å². The smallest absolute Gasteiger partial charge is 0.231 e. The van der Waals surface area contributed by atoms with Gasteiger partial charge in [0.05, 0.1) is 32.2 Å². The van der Waals surface area contributed by atoms with Crippen LogP contribution in [0.3, 0.4) is 0 Å². The molecule has 2 heterocycles. The Kier molecular flexibility index (Phi) is 6.79. The van der Waals surface area contributed by atoms with Crippen molar-refractivity contribution < 1.29 is 24.2 Å². The number of nitrogens with zero attached hydrogens (tertiary/aromatic N) is 2. The van der Waals surface area contributed by atoms with Crippen LogP contribution in [-0.2, 0) is 19.6 Å². The SMILES string of the molecule is C=C(NO)c1csc(CN(Cc2ccc3c(c2)OCO3)Cc2ccc(OC)cc2OC)n1. The molecule has 1 aromatic heterocycles. The van der Waals surface area contributed by atoms with Gasteiger partial charge in [0.25, 0.3) is 0 Å². The number of nitrogens with one attached hydrogen (secondary N) is 1. The molecule has 2 aromatic carbocycles. The summed E-state index contributed by atoms with van der Waals surface area (Å²) in [6.45, 7) is 5.91. The molecule has 1 aliphatic heterocycles. The van der Waals surface area contributed by atoms with Crippen LogP contribution in [0.25, 0.3) is 5.70 Å². The van der Waals surface area contributed by atoms with Crippen LogP contribution in [0.4, 0.5) is 0 Å². The molecule has 0 atom stereocenters. The molecule has 8 nitrogen and oxygen atoms in total. The predicted molar refractivity (Wildman–Crippen MR) is 121 cm³/mol. The van der Waals surface area contributed by atoms with Crippen LogP contribution < -0.4 is 24.4 Å². The van der Waals surface area contributed by atoms with Gasteiger partial charge in [-0.05, 0) is 23.8 Å². The number of rotatable bonds is 10. The lowest BCUT2D eigenvalue weighted by atomic mass is 10.1. The topological polar surface area (TPSA) is 85.3 Å². The van der Waals surface area contributed by atoms with E-state index in [0.717, 1.165) is 39.1 Å². The molecule has 0 fully saturated rings. The summed E-state index contributed by atoms with van der Waals surface area (Å²) in [7, 11) is 3.29. The molecule has 0 unspecified atom stereocenters. The number of thiazole rings is 1. The predicted octanol–water partition coefficient (Wildman–Crippen LogP) is 4.04. The zero-order valence-electron chi connectivity index (χ0n) is 18.0. The van der Waals surface area contributed by atoms with Crippen molar-refractivity contribution >= 4 is 17.0 Å². The molecule has 0 spiro atoms. The molecule has 4 rings (SSSR count). The first-order chi connectivity index (χ1) is 15.6. The standard InChI is InChI=1S/C23H25N3O5S/c1-15(25-27)19-13-32-23(24-19)12-26(10-16-4-7-20-22(8-16)31-14-30-20)11-17-5-6-18(28-2)9-21(17)29-3/h4-9,13,25,27H,1,10-12,14H2,2-3H3. The maximum Gasteiger partial charge on any atom is 0.231 e. The van der Waals surface area contributed by atoms with E-state index in [1.54, 1.807) is 14.2 Å². The second-order valence-electron chi connectivity index (χ2n) is 7.23. The fraction of sp³-hybridized carbons (Fsp3) is 0.261. The van der Waals surface area contributed by atoms with Gasteiger partial charge in [-0.25, -0.2) is 4.98 Å². The molecular weight excluding hydrogens is 430 g/mol. The van der Waals surface area contributed by atoms with E-state index in [0.29, 0.717) is 31.0 Å². The highest BCUT2D eigenvalue weighted by Gasteiger charge is 2.18. The third kappa shape index (κ3) is 4.96. The van der Waals surface area contributed by atoms with Crippen molar-refractivity contribution in [2.24, 2.45) is 0 Å². The molecule has 9 heteroatoms. The molecule has 168 valence electrons. The monoisotopic (exact) mass is 455 g/mol. The highest BCUT2D eigenvalue weighted by Crippen LogP contribution is 2.33. The molecule has 32 heavy (non-hydrogen) atoms. The molecule has 0 bridgehead atoms. The number of fused-ring (bicyclic) bond motifs is 1. The summed E-state index contributed by atoms with van der Waals surface area (Å²) in [5, 5.41) is 11.9. The minimum atomic E-state index is 0.246. The number of hydroxylamine groups is 1. The lowest BCUT2D eigenvalue weighted by molar-refractivity contribution is 0.174. The molecule has 2 N–H and O–H groups in total. The summed E-state index contributed by atoms with van der Waals surface area (Å²) in [6, 6.07) is 11.8. The molecule has 1 aliphatic rings. The van der Waals surface area contributed by atoms with Gasteiger partial charge in [0, 0.05) is 30.1 Å². The van der Waals surface area contributed by atoms with E-state index in [4.69, 9.17) is 24.2 Å². The van der Waals surface area contributed by atoms with E-state index in [9.17, 15) is 0 Å². The summed E-state index contributed by atoms with van der Waals surface area (Å²) in [4.78, 5) is 6.85. The van der Waals surface area contributed by atoms with Gasteiger partial charge in [-0.3, -0.25) is 15.6 Å². The van der Waals surface area contributed by atoms with Gasteiger partial charge < -0.3 is 18.9 Å². The van der Waals surface area contributed by atoms with Gasteiger partial charge in [-0.2, -0.15) is 0 Å². The zero-order valence-corrected chi connectivity index (χ0v) is 18.8. The Hall–Kier alpha value is -3.27. The summed E-state index contributed by atoms with van der Waals surface area (Å²) >= 11 is 1.52. The maximum atomic E-state index is 9.10. The van der Waals surface area contributed by atoms with Crippen LogP contribution in [0.1, 0.15) is 21.8 Å². The third-order valence-corrected chi connectivity index (χ3v) is 5.92. The fourth-order valence-corrected chi connectivity index (χ4v) is 4.31. The van der Waals surface area contributed by atoms with Crippen LogP contribution in [0, 0.1) is 0 Å². The quantitative estimate of drug-likeness (QED) is 0.443. The van der Waals surface area contributed by atoms with E-state index in [1.165, 1.54) is 11.3 Å². The summed E-state index contributed by atoms with van der Waals surface area (Å²) < 4.78 is 21.9. The van der Waals surface area contributed by atoms with Crippen molar-refractivity contribution in [3.63, 3.8) is 0 Å². The number of hydrogen-bond acceptors (Lipinski definition) is 9. The van der Waals surface area contributed by atoms with Crippen molar-refractivity contribution in [3.8, 4) is 23.0 Å². The number of ether oxygens (including phenoxy) is 4. The largest absolute Gasteiger partial charge is 0.497 e. The molecule has 0 saturated carbocycles. The summed E-state index contributed by atoms with van der Waals surface area (Å²) in [5.74, 6) is 3.02. The van der Waals surface area contributed by atoms with Gasteiger partial charge in [-0.1, -0.05) is 18.7 Å². The first-order valence-electron chi connectivity index (χ1n) is 9.95. The fourth-order valence-electron chi connectivity index (χ4n) is 3.46. The highest BCUT2D eigenvalue weighted by molar-refractivity contribution is 7.09. The van der Waals surface area contributed by atoms with Crippen molar-refractivity contribution in [1.29, 1.82) is 0 Å². The third-order valence-electron chi connectivity index (χ3n) is 5.09. The Morgan fingerprint density at radius 2 is 1.97 bits per heavy atom. The number of hydrogen-bond donors (Lipinski definition) is 2. The lowest BCUT2D eigenvalue weighted by Gasteiger charge is -2.23. The Morgan fingerprint density at radius 1 is 1.12 bits per heavy atom.